The summed E-state index contributed by atoms with van der Waals surface area (Å²) in [7, 11) is 1.77. The number of rotatable bonds is 7. The first kappa shape index (κ1) is 19.6. The van der Waals surface area contributed by atoms with Crippen molar-refractivity contribution in [1.82, 2.24) is 19.7 Å². The van der Waals surface area contributed by atoms with E-state index in [0.29, 0.717) is 0 Å². The van der Waals surface area contributed by atoms with E-state index in [4.69, 9.17) is 0 Å². The average Bonchev–Trinajstić information content (AvgIpc) is 3.26. The van der Waals surface area contributed by atoms with Gasteiger partial charge in [-0.2, -0.15) is 5.10 Å². The third kappa shape index (κ3) is 4.55. The molecule has 0 N–H and O–H groups in total. The van der Waals surface area contributed by atoms with E-state index < -0.39 is 4.92 Å². The molecule has 0 saturated carbocycles. The van der Waals surface area contributed by atoms with Gasteiger partial charge in [0.2, 0.25) is 5.91 Å². The Morgan fingerprint density at radius 3 is 2.46 bits per heavy atom. The number of aromatic nitrogens is 3. The smallest absolute Gasteiger partial charge is 0.269 e. The minimum Gasteiger partial charge on any atom is -0.338 e. The standard InChI is InChI=1S/C19H19N5O3S/c1-14(15-3-5-16(6-4-15)23-13-20-12-21-23)22(2)19(25)11-28-18-9-7-17(8-10-18)24(26)27/h3-10,12-14H,11H2,1-2H3/t14-/m1/s1. The van der Waals surface area contributed by atoms with Crippen molar-refractivity contribution in [1.29, 1.82) is 0 Å². The Morgan fingerprint density at radius 1 is 1.21 bits per heavy atom. The van der Waals surface area contributed by atoms with E-state index in [1.165, 1.54) is 30.2 Å². The number of carbonyl (C=O) groups is 1. The fourth-order valence-electron chi connectivity index (χ4n) is 2.60. The molecular weight excluding hydrogens is 378 g/mol. The first-order valence-corrected chi connectivity index (χ1v) is 9.52. The van der Waals surface area contributed by atoms with Crippen molar-refractivity contribution in [2.24, 2.45) is 0 Å². The Hall–Kier alpha value is -3.20. The fourth-order valence-corrected chi connectivity index (χ4v) is 3.42. The number of thioether (sulfide) groups is 1. The number of nitro groups is 1. The topological polar surface area (TPSA) is 94.2 Å². The molecule has 1 amide bonds. The molecular formula is C19H19N5O3S. The number of amides is 1. The summed E-state index contributed by atoms with van der Waals surface area (Å²) in [6.07, 6.45) is 3.11. The third-order valence-electron chi connectivity index (χ3n) is 4.44. The monoisotopic (exact) mass is 397 g/mol. The number of carbonyl (C=O) groups excluding carboxylic acids is 1. The first-order chi connectivity index (χ1) is 13.5. The van der Waals surface area contributed by atoms with Crippen LogP contribution in [-0.4, -0.2) is 43.3 Å². The SMILES string of the molecule is C[C@H](c1ccc(-n2cncn2)cc1)N(C)C(=O)CSc1ccc([N+](=O)[O-])cc1. The van der Waals surface area contributed by atoms with Crippen molar-refractivity contribution in [3.63, 3.8) is 0 Å². The highest BCUT2D eigenvalue weighted by Gasteiger charge is 2.18. The lowest BCUT2D eigenvalue weighted by Gasteiger charge is -2.25. The van der Waals surface area contributed by atoms with Crippen molar-refractivity contribution >= 4 is 23.4 Å². The summed E-state index contributed by atoms with van der Waals surface area (Å²) in [4.78, 5) is 29.2. The van der Waals surface area contributed by atoms with Gasteiger partial charge in [-0.05, 0) is 36.8 Å². The van der Waals surface area contributed by atoms with Crippen molar-refractivity contribution in [3.8, 4) is 5.69 Å². The zero-order chi connectivity index (χ0) is 20.1. The summed E-state index contributed by atoms with van der Waals surface area (Å²) in [5, 5.41) is 14.8. The number of hydrogen-bond acceptors (Lipinski definition) is 6. The van der Waals surface area contributed by atoms with Crippen LogP contribution in [0.15, 0.2) is 66.1 Å². The normalized spacial score (nSPS) is 11.8. The lowest BCUT2D eigenvalue weighted by Crippen LogP contribution is -2.31. The molecule has 2 aromatic carbocycles. The maximum absolute atomic E-state index is 12.5. The molecule has 0 fully saturated rings. The van der Waals surface area contributed by atoms with Crippen LogP contribution in [0.2, 0.25) is 0 Å². The summed E-state index contributed by atoms with van der Waals surface area (Å²) in [6.45, 7) is 1.97. The van der Waals surface area contributed by atoms with Gasteiger partial charge in [-0.15, -0.1) is 11.8 Å². The van der Waals surface area contributed by atoms with Gasteiger partial charge in [0.25, 0.3) is 5.69 Å². The molecule has 144 valence electrons. The van der Waals surface area contributed by atoms with E-state index in [9.17, 15) is 14.9 Å². The van der Waals surface area contributed by atoms with Gasteiger partial charge in [0.15, 0.2) is 0 Å². The van der Waals surface area contributed by atoms with Gasteiger partial charge in [-0.3, -0.25) is 14.9 Å². The summed E-state index contributed by atoms with van der Waals surface area (Å²) in [6, 6.07) is 13.9. The van der Waals surface area contributed by atoms with E-state index in [2.05, 4.69) is 10.1 Å². The molecule has 0 bridgehead atoms. The van der Waals surface area contributed by atoms with Crippen LogP contribution in [0.1, 0.15) is 18.5 Å². The maximum atomic E-state index is 12.5. The summed E-state index contributed by atoms with van der Waals surface area (Å²) in [5.41, 5.74) is 1.95. The highest BCUT2D eigenvalue weighted by molar-refractivity contribution is 8.00. The molecule has 3 aromatic rings. The zero-order valence-corrected chi connectivity index (χ0v) is 16.2. The average molecular weight is 397 g/mol. The molecule has 8 nitrogen and oxygen atoms in total. The molecule has 3 rings (SSSR count). The van der Waals surface area contributed by atoms with Crippen LogP contribution in [0.4, 0.5) is 5.69 Å². The van der Waals surface area contributed by atoms with E-state index in [1.807, 2.05) is 31.2 Å². The van der Waals surface area contributed by atoms with Crippen LogP contribution >= 0.6 is 11.8 Å². The quantitative estimate of drug-likeness (QED) is 0.344. The van der Waals surface area contributed by atoms with Gasteiger partial charge in [0.1, 0.15) is 12.7 Å². The Balaban J connectivity index is 1.58. The molecule has 28 heavy (non-hydrogen) atoms. The minimum atomic E-state index is -0.441. The molecule has 9 heteroatoms. The molecule has 0 radical (unpaired) electrons. The van der Waals surface area contributed by atoms with Crippen molar-refractivity contribution in [2.45, 2.75) is 17.9 Å². The van der Waals surface area contributed by atoms with Gasteiger partial charge in [-0.1, -0.05) is 12.1 Å². The number of hydrogen-bond donors (Lipinski definition) is 0. The lowest BCUT2D eigenvalue weighted by molar-refractivity contribution is -0.384. The van der Waals surface area contributed by atoms with Gasteiger partial charge >= 0.3 is 0 Å². The Bertz CT molecular complexity index is 943. The number of non-ortho nitro benzene ring substituents is 1. The van der Waals surface area contributed by atoms with Crippen LogP contribution in [-0.2, 0) is 4.79 Å². The second kappa shape index (κ2) is 8.66. The van der Waals surface area contributed by atoms with E-state index in [-0.39, 0.29) is 23.4 Å². The van der Waals surface area contributed by atoms with Crippen LogP contribution in [0.3, 0.4) is 0 Å². The van der Waals surface area contributed by atoms with E-state index in [1.54, 1.807) is 35.1 Å². The van der Waals surface area contributed by atoms with Crippen LogP contribution in [0.25, 0.3) is 5.69 Å². The van der Waals surface area contributed by atoms with Crippen LogP contribution in [0, 0.1) is 10.1 Å². The lowest BCUT2D eigenvalue weighted by atomic mass is 10.1. The molecule has 0 aliphatic rings. The van der Waals surface area contributed by atoms with Crippen LogP contribution < -0.4 is 0 Å². The minimum absolute atomic E-state index is 0.0174. The zero-order valence-electron chi connectivity index (χ0n) is 15.4. The summed E-state index contributed by atoms with van der Waals surface area (Å²) in [5.74, 6) is 0.242. The largest absolute Gasteiger partial charge is 0.338 e. The second-order valence-electron chi connectivity index (χ2n) is 6.15. The highest BCUT2D eigenvalue weighted by atomic mass is 32.2. The number of benzene rings is 2. The van der Waals surface area contributed by atoms with Crippen molar-refractivity contribution in [3.05, 3.63) is 76.9 Å². The van der Waals surface area contributed by atoms with Gasteiger partial charge < -0.3 is 4.90 Å². The molecule has 0 spiro atoms. The molecule has 0 aliphatic carbocycles. The Kier molecular flexibility index (Phi) is 6.05. The molecule has 1 aromatic heterocycles. The first-order valence-electron chi connectivity index (χ1n) is 8.53. The Labute approximate surface area is 166 Å². The molecule has 0 aliphatic heterocycles. The predicted octanol–water partition coefficient (Wildman–Crippen LogP) is 3.49. The van der Waals surface area contributed by atoms with E-state index >= 15 is 0 Å². The Morgan fingerprint density at radius 2 is 1.89 bits per heavy atom. The van der Waals surface area contributed by atoms with E-state index in [0.717, 1.165) is 16.1 Å². The maximum Gasteiger partial charge on any atom is 0.269 e. The summed E-state index contributed by atoms with van der Waals surface area (Å²) >= 11 is 1.36. The van der Waals surface area contributed by atoms with Crippen molar-refractivity contribution in [2.75, 3.05) is 12.8 Å². The van der Waals surface area contributed by atoms with Gasteiger partial charge in [0, 0.05) is 24.1 Å². The highest BCUT2D eigenvalue weighted by Crippen LogP contribution is 2.24. The third-order valence-corrected chi connectivity index (χ3v) is 5.44. The van der Waals surface area contributed by atoms with Crippen LogP contribution in [0.5, 0.6) is 0 Å². The predicted molar refractivity (Wildman–Crippen MR) is 106 cm³/mol. The fraction of sp³-hybridized carbons (Fsp3) is 0.211. The van der Waals surface area contributed by atoms with Gasteiger partial charge in [0.05, 0.1) is 22.4 Å². The van der Waals surface area contributed by atoms with Gasteiger partial charge in [-0.25, -0.2) is 9.67 Å². The number of nitro benzene ring substituents is 1. The molecule has 0 unspecified atom stereocenters. The number of nitrogens with zero attached hydrogens (tertiary/aromatic N) is 5. The summed E-state index contributed by atoms with van der Waals surface area (Å²) < 4.78 is 1.67. The molecule has 1 heterocycles. The second-order valence-corrected chi connectivity index (χ2v) is 7.20. The molecule has 1 atom stereocenters. The van der Waals surface area contributed by atoms with Crippen molar-refractivity contribution < 1.29 is 9.72 Å². The molecule has 0 saturated heterocycles.